The van der Waals surface area contributed by atoms with Gasteiger partial charge in [0, 0.05) is 17.2 Å². The van der Waals surface area contributed by atoms with Crippen molar-refractivity contribution in [3.63, 3.8) is 0 Å². The van der Waals surface area contributed by atoms with Crippen molar-refractivity contribution in [3.8, 4) is 5.75 Å². The van der Waals surface area contributed by atoms with Crippen molar-refractivity contribution in [2.24, 2.45) is 11.0 Å². The van der Waals surface area contributed by atoms with E-state index in [0.29, 0.717) is 28.8 Å². The number of azo groups is 1. The Morgan fingerprint density at radius 1 is 1.04 bits per heavy atom. The molecule has 0 N–H and O–H groups in total. The molecule has 1 atom stereocenters. The van der Waals surface area contributed by atoms with Gasteiger partial charge in [0.15, 0.2) is 0 Å². The molecule has 4 heteroatoms. The highest BCUT2D eigenvalue weighted by Crippen LogP contribution is 2.22. The van der Waals surface area contributed by atoms with E-state index < -0.39 is 0 Å². The van der Waals surface area contributed by atoms with Crippen LogP contribution in [0.15, 0.2) is 53.6 Å². The SMILES string of the molecule is CCCCc1ccc([N+]([O-])=Nc2ccc(OC[C@@H](C)CC)cc2)cc1. The Morgan fingerprint density at radius 3 is 2.32 bits per heavy atom. The molecule has 2 aromatic rings. The molecule has 2 aromatic carbocycles. The lowest BCUT2D eigenvalue weighted by Crippen LogP contribution is -2.06. The van der Waals surface area contributed by atoms with Crippen molar-refractivity contribution in [2.75, 3.05) is 6.61 Å². The maximum atomic E-state index is 12.2. The molecule has 0 fully saturated rings. The number of nitrogens with zero attached hydrogens (tertiary/aromatic N) is 2. The van der Waals surface area contributed by atoms with Gasteiger partial charge in [-0.2, -0.15) is 0 Å². The fourth-order valence-electron chi connectivity index (χ4n) is 2.30. The molecule has 0 unspecified atom stereocenters. The molecule has 0 aliphatic carbocycles. The molecule has 0 radical (unpaired) electrons. The molecule has 0 saturated carbocycles. The third-order valence-corrected chi connectivity index (χ3v) is 4.25. The fraction of sp³-hybridized carbons (Fsp3) is 0.429. The van der Waals surface area contributed by atoms with E-state index in [9.17, 15) is 5.21 Å². The van der Waals surface area contributed by atoms with Gasteiger partial charge in [-0.25, -0.2) is 0 Å². The molecular weight excluding hydrogens is 312 g/mol. The molecule has 0 spiro atoms. The van der Waals surface area contributed by atoms with Crippen LogP contribution in [-0.4, -0.2) is 11.5 Å². The van der Waals surface area contributed by atoms with Crippen LogP contribution >= 0.6 is 0 Å². The summed E-state index contributed by atoms with van der Waals surface area (Å²) < 4.78 is 5.72. The van der Waals surface area contributed by atoms with E-state index in [-0.39, 0.29) is 0 Å². The summed E-state index contributed by atoms with van der Waals surface area (Å²) >= 11 is 0. The first kappa shape index (κ1) is 19.0. The van der Waals surface area contributed by atoms with E-state index in [0.717, 1.165) is 25.0 Å². The quantitative estimate of drug-likeness (QED) is 0.302. The third kappa shape index (κ3) is 6.22. The molecule has 0 aliphatic heterocycles. The lowest BCUT2D eigenvalue weighted by molar-refractivity contribution is -0.435. The highest BCUT2D eigenvalue weighted by Gasteiger charge is 2.05. The van der Waals surface area contributed by atoms with E-state index in [1.807, 2.05) is 36.4 Å². The monoisotopic (exact) mass is 340 g/mol. The van der Waals surface area contributed by atoms with Gasteiger partial charge < -0.3 is 9.94 Å². The zero-order chi connectivity index (χ0) is 18.1. The zero-order valence-corrected chi connectivity index (χ0v) is 15.4. The number of ether oxygens (including phenoxy) is 1. The molecule has 2 rings (SSSR count). The lowest BCUT2D eigenvalue weighted by Gasteiger charge is -2.10. The van der Waals surface area contributed by atoms with E-state index in [1.165, 1.54) is 12.0 Å². The maximum Gasteiger partial charge on any atom is 0.244 e. The molecule has 25 heavy (non-hydrogen) atoms. The standard InChI is InChI=1S/C21H28N2O2/c1-4-6-7-18-8-12-20(13-9-18)23(24)22-19-10-14-21(15-11-19)25-16-17(3)5-2/h8-15,17H,4-7,16H2,1-3H3/t17-/m0/s1. The first-order valence-electron chi connectivity index (χ1n) is 9.13. The lowest BCUT2D eigenvalue weighted by atomic mass is 10.1. The van der Waals surface area contributed by atoms with E-state index in [4.69, 9.17) is 4.74 Å². The average Bonchev–Trinajstić information content (AvgIpc) is 2.65. The van der Waals surface area contributed by atoms with Crippen LogP contribution in [-0.2, 0) is 6.42 Å². The van der Waals surface area contributed by atoms with Crippen molar-refractivity contribution in [1.29, 1.82) is 0 Å². The Balaban J connectivity index is 1.99. The minimum Gasteiger partial charge on any atom is -0.594 e. The predicted octanol–water partition coefficient (Wildman–Crippen LogP) is 6.38. The molecule has 0 amide bonds. The van der Waals surface area contributed by atoms with Crippen LogP contribution in [0.4, 0.5) is 11.4 Å². The Morgan fingerprint density at radius 2 is 1.72 bits per heavy atom. The van der Waals surface area contributed by atoms with Gasteiger partial charge in [-0.1, -0.05) is 50.6 Å². The summed E-state index contributed by atoms with van der Waals surface area (Å²) in [6.07, 6.45) is 4.47. The van der Waals surface area contributed by atoms with Crippen LogP contribution in [0.2, 0.25) is 0 Å². The second-order valence-electron chi connectivity index (χ2n) is 6.46. The Bertz CT molecular complexity index is 663. The van der Waals surface area contributed by atoms with Crippen molar-refractivity contribution >= 4 is 11.4 Å². The summed E-state index contributed by atoms with van der Waals surface area (Å²) in [5.74, 6) is 1.33. The first-order chi connectivity index (χ1) is 12.1. The molecule has 0 aromatic heterocycles. The third-order valence-electron chi connectivity index (χ3n) is 4.25. The van der Waals surface area contributed by atoms with Gasteiger partial charge in [-0.05, 0) is 48.6 Å². The topological polar surface area (TPSA) is 47.7 Å². The minimum atomic E-state index is 0.529. The van der Waals surface area contributed by atoms with Gasteiger partial charge in [0.05, 0.1) is 6.61 Å². The number of hydrogen-bond donors (Lipinski definition) is 0. The van der Waals surface area contributed by atoms with Gasteiger partial charge in [-0.3, -0.25) is 0 Å². The number of hydrogen-bond acceptors (Lipinski definition) is 3. The summed E-state index contributed by atoms with van der Waals surface area (Å²) in [6.45, 7) is 7.18. The maximum absolute atomic E-state index is 12.2. The van der Waals surface area contributed by atoms with E-state index in [2.05, 4.69) is 25.9 Å². The van der Waals surface area contributed by atoms with Crippen LogP contribution in [0.25, 0.3) is 0 Å². The van der Waals surface area contributed by atoms with Crippen LogP contribution in [0.1, 0.15) is 45.6 Å². The van der Waals surface area contributed by atoms with Crippen LogP contribution in [0.5, 0.6) is 5.75 Å². The van der Waals surface area contributed by atoms with Crippen LogP contribution < -0.4 is 4.74 Å². The van der Waals surface area contributed by atoms with Gasteiger partial charge in [0.2, 0.25) is 5.69 Å². The van der Waals surface area contributed by atoms with Gasteiger partial charge in [-0.15, -0.1) is 0 Å². The summed E-state index contributed by atoms with van der Waals surface area (Å²) in [5, 5.41) is 16.3. The largest absolute Gasteiger partial charge is 0.594 e. The second-order valence-corrected chi connectivity index (χ2v) is 6.46. The Kier molecular flexibility index (Phi) is 7.45. The molecule has 0 saturated heterocycles. The number of unbranched alkanes of at least 4 members (excludes halogenated alkanes) is 1. The van der Waals surface area contributed by atoms with E-state index >= 15 is 0 Å². The van der Waals surface area contributed by atoms with Crippen molar-refractivity contribution in [2.45, 2.75) is 46.5 Å². The van der Waals surface area contributed by atoms with Crippen LogP contribution in [0, 0.1) is 11.1 Å². The predicted molar refractivity (Wildman–Crippen MR) is 102 cm³/mol. The summed E-state index contributed by atoms with van der Waals surface area (Å²) in [7, 11) is 0. The summed E-state index contributed by atoms with van der Waals surface area (Å²) in [6, 6.07) is 14.9. The minimum absolute atomic E-state index is 0.529. The number of rotatable bonds is 9. The summed E-state index contributed by atoms with van der Waals surface area (Å²) in [4.78, 5) is 0.665. The number of aryl methyl sites for hydroxylation is 1. The van der Waals surface area contributed by atoms with E-state index in [1.54, 1.807) is 12.1 Å². The van der Waals surface area contributed by atoms with Gasteiger partial charge in [0.1, 0.15) is 11.4 Å². The normalized spacial score (nSPS) is 12.8. The van der Waals surface area contributed by atoms with Gasteiger partial charge in [0.25, 0.3) is 0 Å². The average molecular weight is 340 g/mol. The highest BCUT2D eigenvalue weighted by atomic mass is 16.5. The molecular formula is C21H28N2O2. The molecule has 0 aliphatic rings. The Hall–Kier alpha value is -2.36. The molecule has 4 nitrogen and oxygen atoms in total. The van der Waals surface area contributed by atoms with Crippen molar-refractivity contribution < 1.29 is 9.60 Å². The number of benzene rings is 2. The van der Waals surface area contributed by atoms with Crippen LogP contribution in [0.3, 0.4) is 0 Å². The zero-order valence-electron chi connectivity index (χ0n) is 15.4. The Labute approximate surface area is 150 Å². The molecule has 0 bridgehead atoms. The highest BCUT2D eigenvalue weighted by molar-refractivity contribution is 5.40. The summed E-state index contributed by atoms with van der Waals surface area (Å²) in [5.41, 5.74) is 2.40. The molecule has 134 valence electrons. The molecule has 0 heterocycles. The fourth-order valence-corrected chi connectivity index (χ4v) is 2.30. The smallest absolute Gasteiger partial charge is 0.244 e. The van der Waals surface area contributed by atoms with Gasteiger partial charge >= 0.3 is 0 Å². The van der Waals surface area contributed by atoms with Crippen molar-refractivity contribution in [3.05, 3.63) is 59.3 Å². The second kappa shape index (κ2) is 9.82. The van der Waals surface area contributed by atoms with Crippen molar-refractivity contribution in [1.82, 2.24) is 0 Å². The first-order valence-corrected chi connectivity index (χ1v) is 9.13.